The van der Waals surface area contributed by atoms with Crippen LogP contribution < -0.4 is 5.32 Å². The minimum Gasteiger partial charge on any atom is -0.348 e. The van der Waals surface area contributed by atoms with Gasteiger partial charge in [0.2, 0.25) is 0 Å². The molecule has 50 valence electrons. The van der Waals surface area contributed by atoms with Crippen molar-refractivity contribution < 1.29 is 4.79 Å². The zero-order valence-corrected chi connectivity index (χ0v) is 5.16. The Morgan fingerprint density at radius 2 is 2.50 bits per heavy atom. The van der Waals surface area contributed by atoms with Gasteiger partial charge >= 0.3 is 0 Å². The Morgan fingerprint density at radius 3 is 3.30 bits per heavy atom. The van der Waals surface area contributed by atoms with E-state index < -0.39 is 0 Å². The summed E-state index contributed by atoms with van der Waals surface area (Å²) >= 11 is 0. The summed E-state index contributed by atoms with van der Waals surface area (Å²) in [6, 6.07) is 0. The largest absolute Gasteiger partial charge is 0.348 e. The maximum absolute atomic E-state index is 10.9. The molecule has 4 heteroatoms. The number of amides is 1. The van der Waals surface area contributed by atoms with E-state index in [1.54, 1.807) is 0 Å². The molecule has 0 atom stereocenters. The van der Waals surface area contributed by atoms with Crippen LogP contribution in [0.15, 0.2) is 33.8 Å². The van der Waals surface area contributed by atoms with E-state index >= 15 is 0 Å². The average Bonchev–Trinajstić information content (AvgIpc) is 2.36. The van der Waals surface area contributed by atoms with Crippen molar-refractivity contribution in [3.05, 3.63) is 23.5 Å². The Morgan fingerprint density at radius 1 is 1.60 bits per heavy atom. The first-order chi connectivity index (χ1) is 4.88. The third-order valence-corrected chi connectivity index (χ3v) is 1.43. The summed E-state index contributed by atoms with van der Waals surface area (Å²) in [5.41, 5.74) is 1.27. The van der Waals surface area contributed by atoms with Crippen molar-refractivity contribution in [2.24, 2.45) is 10.2 Å². The van der Waals surface area contributed by atoms with Crippen LogP contribution in [0.2, 0.25) is 0 Å². The van der Waals surface area contributed by atoms with Gasteiger partial charge in [0, 0.05) is 6.54 Å². The number of rotatable bonds is 0. The molecule has 0 saturated heterocycles. The molecule has 0 fully saturated rings. The highest BCUT2D eigenvalue weighted by molar-refractivity contribution is 5.99. The van der Waals surface area contributed by atoms with E-state index in [0.29, 0.717) is 17.8 Å². The normalized spacial score (nSPS) is 21.4. The SMILES string of the molecule is O=C1NCC=C2N=NC=C12. The van der Waals surface area contributed by atoms with Gasteiger partial charge < -0.3 is 5.32 Å². The summed E-state index contributed by atoms with van der Waals surface area (Å²) in [5, 5.41) is 10.0. The Bertz CT molecular complexity index is 275. The fraction of sp³-hybridized carbons (Fsp3) is 0.167. The maximum atomic E-state index is 10.9. The van der Waals surface area contributed by atoms with Gasteiger partial charge in [-0.2, -0.15) is 10.2 Å². The van der Waals surface area contributed by atoms with Crippen LogP contribution in [0.5, 0.6) is 0 Å². The predicted octanol–water partition coefficient (Wildman–Crippen LogP) is 0.350. The molecule has 1 amide bonds. The molecule has 4 nitrogen and oxygen atoms in total. The molecule has 0 aromatic carbocycles. The number of carbonyl (C=O) groups excluding carboxylic acids is 1. The van der Waals surface area contributed by atoms with Gasteiger partial charge in [0.15, 0.2) is 0 Å². The lowest BCUT2D eigenvalue weighted by Gasteiger charge is -2.08. The third-order valence-electron chi connectivity index (χ3n) is 1.43. The Labute approximate surface area is 57.3 Å². The minimum absolute atomic E-state index is 0.0810. The fourth-order valence-electron chi connectivity index (χ4n) is 0.930. The quantitative estimate of drug-likeness (QED) is 0.512. The molecule has 0 radical (unpaired) electrons. The maximum Gasteiger partial charge on any atom is 0.255 e. The lowest BCUT2D eigenvalue weighted by molar-refractivity contribution is -0.117. The molecule has 0 saturated carbocycles. The second-order valence-electron chi connectivity index (χ2n) is 2.06. The number of fused-ring (bicyclic) bond motifs is 1. The highest BCUT2D eigenvalue weighted by Gasteiger charge is 2.20. The summed E-state index contributed by atoms with van der Waals surface area (Å²) in [6.45, 7) is 0.560. The van der Waals surface area contributed by atoms with Gasteiger partial charge in [-0.05, 0) is 6.08 Å². The fourth-order valence-corrected chi connectivity index (χ4v) is 0.930. The molecule has 2 heterocycles. The van der Waals surface area contributed by atoms with Gasteiger partial charge in [-0.1, -0.05) is 0 Å². The average molecular weight is 135 g/mol. The van der Waals surface area contributed by atoms with Crippen molar-refractivity contribution in [3.8, 4) is 0 Å². The standard InChI is InChI=1S/C6H5N3O/c10-6-4-3-8-9-5(4)1-2-7-6/h1,3H,2H2,(H,7,10). The van der Waals surface area contributed by atoms with E-state index in [2.05, 4.69) is 15.5 Å². The van der Waals surface area contributed by atoms with E-state index in [0.717, 1.165) is 0 Å². The zero-order chi connectivity index (χ0) is 6.97. The summed E-state index contributed by atoms with van der Waals surface area (Å²) in [4.78, 5) is 10.9. The number of hydrogen-bond donors (Lipinski definition) is 1. The second kappa shape index (κ2) is 1.76. The van der Waals surface area contributed by atoms with Crippen molar-refractivity contribution in [1.82, 2.24) is 5.32 Å². The number of hydrogen-bond acceptors (Lipinski definition) is 3. The van der Waals surface area contributed by atoms with E-state index in [-0.39, 0.29) is 5.91 Å². The summed E-state index contributed by atoms with van der Waals surface area (Å²) < 4.78 is 0. The molecule has 2 aliphatic rings. The minimum atomic E-state index is -0.0810. The molecule has 0 aromatic heterocycles. The third kappa shape index (κ3) is 0.586. The molecule has 10 heavy (non-hydrogen) atoms. The topological polar surface area (TPSA) is 53.8 Å². The van der Waals surface area contributed by atoms with Crippen LogP contribution in [-0.2, 0) is 4.79 Å². The van der Waals surface area contributed by atoms with Gasteiger partial charge in [-0.15, -0.1) is 0 Å². The number of azo groups is 1. The highest BCUT2D eigenvalue weighted by atomic mass is 16.1. The van der Waals surface area contributed by atoms with Crippen LogP contribution in [0.25, 0.3) is 0 Å². The van der Waals surface area contributed by atoms with Crippen molar-refractivity contribution in [2.45, 2.75) is 0 Å². The van der Waals surface area contributed by atoms with Gasteiger partial charge in [0.25, 0.3) is 5.91 Å². The van der Waals surface area contributed by atoms with E-state index in [1.165, 1.54) is 6.20 Å². The molecule has 0 spiro atoms. The van der Waals surface area contributed by atoms with Crippen LogP contribution in [0, 0.1) is 0 Å². The van der Waals surface area contributed by atoms with Crippen LogP contribution >= 0.6 is 0 Å². The van der Waals surface area contributed by atoms with Crippen molar-refractivity contribution in [3.63, 3.8) is 0 Å². The summed E-state index contributed by atoms with van der Waals surface area (Å²) in [5.74, 6) is -0.0810. The molecular weight excluding hydrogens is 130 g/mol. The monoisotopic (exact) mass is 135 g/mol. The van der Waals surface area contributed by atoms with Crippen molar-refractivity contribution >= 4 is 5.91 Å². The summed E-state index contributed by atoms with van der Waals surface area (Å²) in [6.07, 6.45) is 3.31. The smallest absolute Gasteiger partial charge is 0.255 e. The van der Waals surface area contributed by atoms with E-state index in [4.69, 9.17) is 0 Å². The lowest BCUT2D eigenvalue weighted by atomic mass is 10.1. The van der Waals surface area contributed by atoms with Crippen LogP contribution in [0.1, 0.15) is 0 Å². The number of nitrogens with one attached hydrogen (secondary N) is 1. The second-order valence-corrected chi connectivity index (χ2v) is 2.06. The van der Waals surface area contributed by atoms with Crippen LogP contribution in [0.4, 0.5) is 0 Å². The zero-order valence-electron chi connectivity index (χ0n) is 5.16. The summed E-state index contributed by atoms with van der Waals surface area (Å²) in [7, 11) is 0. The Kier molecular flexibility index (Phi) is 0.943. The van der Waals surface area contributed by atoms with Gasteiger partial charge in [0.05, 0.1) is 17.5 Å². The van der Waals surface area contributed by atoms with Crippen LogP contribution in [-0.4, -0.2) is 12.5 Å². The molecule has 0 unspecified atom stereocenters. The van der Waals surface area contributed by atoms with Gasteiger partial charge in [0.1, 0.15) is 0 Å². The first-order valence-electron chi connectivity index (χ1n) is 2.98. The first-order valence-corrected chi connectivity index (χ1v) is 2.98. The van der Waals surface area contributed by atoms with Gasteiger partial charge in [-0.3, -0.25) is 4.79 Å². The van der Waals surface area contributed by atoms with Crippen LogP contribution in [0.3, 0.4) is 0 Å². The molecule has 0 aliphatic carbocycles. The van der Waals surface area contributed by atoms with E-state index in [1.807, 2.05) is 6.08 Å². The molecule has 2 rings (SSSR count). The predicted molar refractivity (Wildman–Crippen MR) is 34.0 cm³/mol. The highest BCUT2D eigenvalue weighted by Crippen LogP contribution is 2.20. The molecule has 2 aliphatic heterocycles. The number of nitrogens with zero attached hydrogens (tertiary/aromatic N) is 2. The van der Waals surface area contributed by atoms with E-state index in [9.17, 15) is 4.79 Å². The molecule has 0 aromatic rings. The van der Waals surface area contributed by atoms with Gasteiger partial charge in [-0.25, -0.2) is 0 Å². The Balaban J connectivity index is 2.46. The first kappa shape index (κ1) is 5.34. The molecular formula is C6H5N3O. The van der Waals surface area contributed by atoms with Crippen molar-refractivity contribution in [2.75, 3.05) is 6.54 Å². The molecule has 1 N–H and O–H groups in total. The van der Waals surface area contributed by atoms with Crippen molar-refractivity contribution in [1.29, 1.82) is 0 Å². The molecule has 0 bridgehead atoms. The lowest BCUT2D eigenvalue weighted by Crippen LogP contribution is -2.28. The number of carbonyl (C=O) groups is 1. The Hall–Kier alpha value is -1.45.